The maximum absolute atomic E-state index is 11.4. The molecular formula is C10H15N3O2. The van der Waals surface area contributed by atoms with Crippen LogP contribution in [0.3, 0.4) is 0 Å². The zero-order chi connectivity index (χ0) is 11.5. The first-order valence-electron chi connectivity index (χ1n) is 4.65. The van der Waals surface area contributed by atoms with Gasteiger partial charge in [-0.15, -0.1) is 0 Å². The quantitative estimate of drug-likeness (QED) is 0.652. The number of carbonyl (C=O) groups is 1. The number of aromatic amines is 1. The summed E-state index contributed by atoms with van der Waals surface area (Å²) in [6.45, 7) is 5.67. The predicted molar refractivity (Wildman–Crippen MR) is 59.0 cm³/mol. The molecule has 0 aromatic carbocycles. The molecule has 0 aliphatic rings. The second-order valence-corrected chi connectivity index (χ2v) is 4.27. The molecule has 1 aromatic rings. The Hall–Kier alpha value is -1.78. The summed E-state index contributed by atoms with van der Waals surface area (Å²) in [4.78, 5) is 24.6. The highest BCUT2D eigenvalue weighted by atomic mass is 16.2. The standard InChI is InChI=1S/C10H15N3O2/c1-10(2,3)13-9(15)12-7-4-5-8(14)11-6-7/h4-6H,1-3H3,(H,11,14)(H2,12,13,15). The molecule has 1 aromatic heterocycles. The van der Waals surface area contributed by atoms with Crippen LogP contribution in [-0.2, 0) is 0 Å². The molecule has 0 aliphatic carbocycles. The number of aromatic nitrogens is 1. The molecule has 5 heteroatoms. The minimum atomic E-state index is -0.297. The third kappa shape index (κ3) is 4.30. The van der Waals surface area contributed by atoms with E-state index in [9.17, 15) is 9.59 Å². The molecule has 2 amide bonds. The van der Waals surface area contributed by atoms with Crippen molar-refractivity contribution in [2.75, 3.05) is 5.32 Å². The zero-order valence-electron chi connectivity index (χ0n) is 9.05. The summed E-state index contributed by atoms with van der Waals surface area (Å²) in [5.74, 6) is 0. The van der Waals surface area contributed by atoms with Gasteiger partial charge in [-0.05, 0) is 26.8 Å². The average molecular weight is 209 g/mol. The molecule has 1 heterocycles. The topological polar surface area (TPSA) is 74.0 Å². The Bertz CT molecular complexity index is 383. The van der Waals surface area contributed by atoms with E-state index in [2.05, 4.69) is 15.6 Å². The van der Waals surface area contributed by atoms with Gasteiger partial charge < -0.3 is 15.6 Å². The van der Waals surface area contributed by atoms with E-state index in [1.807, 2.05) is 20.8 Å². The molecule has 0 unspecified atom stereocenters. The van der Waals surface area contributed by atoms with Crippen LogP contribution in [0.1, 0.15) is 20.8 Å². The fourth-order valence-corrected chi connectivity index (χ4v) is 0.991. The van der Waals surface area contributed by atoms with Gasteiger partial charge in [-0.25, -0.2) is 4.79 Å². The van der Waals surface area contributed by atoms with E-state index >= 15 is 0 Å². The smallest absolute Gasteiger partial charge is 0.319 e. The van der Waals surface area contributed by atoms with Crippen molar-refractivity contribution in [2.45, 2.75) is 26.3 Å². The second-order valence-electron chi connectivity index (χ2n) is 4.27. The summed E-state index contributed by atoms with van der Waals surface area (Å²) in [6, 6.07) is 2.60. The van der Waals surface area contributed by atoms with Crippen molar-refractivity contribution in [2.24, 2.45) is 0 Å². The molecule has 0 bridgehead atoms. The van der Waals surface area contributed by atoms with E-state index in [4.69, 9.17) is 0 Å². The minimum absolute atomic E-state index is 0.197. The Morgan fingerprint density at radius 2 is 2.00 bits per heavy atom. The van der Waals surface area contributed by atoms with Crippen LogP contribution in [0.5, 0.6) is 0 Å². The zero-order valence-corrected chi connectivity index (χ0v) is 9.05. The first-order chi connectivity index (χ1) is 6.87. The molecule has 0 atom stereocenters. The van der Waals surface area contributed by atoms with Crippen LogP contribution >= 0.6 is 0 Å². The van der Waals surface area contributed by atoms with Gasteiger partial charge in [0.05, 0.1) is 5.69 Å². The number of carbonyl (C=O) groups excluding carboxylic acids is 1. The van der Waals surface area contributed by atoms with Gasteiger partial charge in [0, 0.05) is 17.8 Å². The molecule has 0 saturated heterocycles. The van der Waals surface area contributed by atoms with Crippen molar-refractivity contribution >= 4 is 11.7 Å². The third-order valence-electron chi connectivity index (χ3n) is 1.53. The molecule has 5 nitrogen and oxygen atoms in total. The molecule has 0 spiro atoms. The van der Waals surface area contributed by atoms with Crippen LogP contribution in [0.4, 0.5) is 10.5 Å². The van der Waals surface area contributed by atoms with E-state index in [0.29, 0.717) is 5.69 Å². The molecule has 1 rings (SSSR count). The number of pyridine rings is 1. The summed E-state index contributed by atoms with van der Waals surface area (Å²) >= 11 is 0. The van der Waals surface area contributed by atoms with Gasteiger partial charge in [0.1, 0.15) is 0 Å². The van der Waals surface area contributed by atoms with Gasteiger partial charge in [0.25, 0.3) is 0 Å². The SMILES string of the molecule is CC(C)(C)NC(=O)Nc1ccc(=O)[nH]c1. The summed E-state index contributed by atoms with van der Waals surface area (Å²) < 4.78 is 0. The number of H-pyrrole nitrogens is 1. The Balaban J connectivity index is 2.59. The van der Waals surface area contributed by atoms with Crippen molar-refractivity contribution in [1.29, 1.82) is 0 Å². The Labute approximate surface area is 87.9 Å². The molecule has 0 radical (unpaired) electrons. The summed E-state index contributed by atoms with van der Waals surface area (Å²) in [5.41, 5.74) is 0.0693. The summed E-state index contributed by atoms with van der Waals surface area (Å²) in [5, 5.41) is 5.35. The molecule has 0 saturated carbocycles. The Kier molecular flexibility index (Phi) is 3.14. The van der Waals surface area contributed by atoms with Crippen LogP contribution in [0, 0.1) is 0 Å². The van der Waals surface area contributed by atoms with Crippen molar-refractivity contribution in [3.05, 3.63) is 28.7 Å². The molecule has 0 fully saturated rings. The summed E-state index contributed by atoms with van der Waals surface area (Å²) in [6.07, 6.45) is 1.45. The van der Waals surface area contributed by atoms with Crippen LogP contribution in [0.15, 0.2) is 23.1 Å². The van der Waals surface area contributed by atoms with Gasteiger partial charge >= 0.3 is 6.03 Å². The number of nitrogens with one attached hydrogen (secondary N) is 3. The minimum Gasteiger partial charge on any atom is -0.333 e. The Morgan fingerprint density at radius 3 is 2.47 bits per heavy atom. The van der Waals surface area contributed by atoms with Gasteiger partial charge in [0.2, 0.25) is 5.56 Å². The molecule has 0 aliphatic heterocycles. The highest BCUT2D eigenvalue weighted by molar-refractivity contribution is 5.89. The van der Waals surface area contributed by atoms with Gasteiger partial charge in [-0.2, -0.15) is 0 Å². The average Bonchev–Trinajstić information content (AvgIpc) is 2.05. The lowest BCUT2D eigenvalue weighted by Crippen LogP contribution is -2.43. The van der Waals surface area contributed by atoms with Gasteiger partial charge in [0.15, 0.2) is 0 Å². The fraction of sp³-hybridized carbons (Fsp3) is 0.400. The van der Waals surface area contributed by atoms with Crippen molar-refractivity contribution in [1.82, 2.24) is 10.3 Å². The van der Waals surface area contributed by atoms with Crippen molar-refractivity contribution in [3.63, 3.8) is 0 Å². The van der Waals surface area contributed by atoms with E-state index in [0.717, 1.165) is 0 Å². The maximum Gasteiger partial charge on any atom is 0.319 e. The lowest BCUT2D eigenvalue weighted by molar-refractivity contribution is 0.244. The van der Waals surface area contributed by atoms with Crippen molar-refractivity contribution in [3.8, 4) is 0 Å². The highest BCUT2D eigenvalue weighted by Gasteiger charge is 2.13. The van der Waals surface area contributed by atoms with Crippen LogP contribution in [0.2, 0.25) is 0 Å². The van der Waals surface area contributed by atoms with E-state index in [1.54, 1.807) is 6.07 Å². The maximum atomic E-state index is 11.4. The second kappa shape index (κ2) is 4.16. The number of amides is 2. The highest BCUT2D eigenvalue weighted by Crippen LogP contribution is 2.03. The number of rotatable bonds is 1. The summed E-state index contributed by atoms with van der Waals surface area (Å²) in [7, 11) is 0. The monoisotopic (exact) mass is 209 g/mol. The van der Waals surface area contributed by atoms with E-state index in [-0.39, 0.29) is 17.1 Å². The van der Waals surface area contributed by atoms with Gasteiger partial charge in [-0.3, -0.25) is 4.79 Å². The number of urea groups is 1. The molecular weight excluding hydrogens is 194 g/mol. The largest absolute Gasteiger partial charge is 0.333 e. The number of hydrogen-bond acceptors (Lipinski definition) is 2. The lowest BCUT2D eigenvalue weighted by Gasteiger charge is -2.20. The first kappa shape index (κ1) is 11.3. The third-order valence-corrected chi connectivity index (χ3v) is 1.53. The number of anilines is 1. The van der Waals surface area contributed by atoms with Gasteiger partial charge in [-0.1, -0.05) is 0 Å². The molecule has 82 valence electrons. The van der Waals surface area contributed by atoms with E-state index in [1.165, 1.54) is 12.3 Å². The predicted octanol–water partition coefficient (Wildman–Crippen LogP) is 1.29. The number of hydrogen-bond donors (Lipinski definition) is 3. The van der Waals surface area contributed by atoms with Crippen LogP contribution < -0.4 is 16.2 Å². The Morgan fingerprint density at radius 1 is 1.33 bits per heavy atom. The normalized spacial score (nSPS) is 10.9. The van der Waals surface area contributed by atoms with E-state index < -0.39 is 0 Å². The van der Waals surface area contributed by atoms with Crippen LogP contribution in [-0.4, -0.2) is 16.6 Å². The molecule has 3 N–H and O–H groups in total. The van der Waals surface area contributed by atoms with Crippen molar-refractivity contribution < 1.29 is 4.79 Å². The lowest BCUT2D eigenvalue weighted by atomic mass is 10.1. The van der Waals surface area contributed by atoms with Crippen LogP contribution in [0.25, 0.3) is 0 Å². The fourth-order valence-electron chi connectivity index (χ4n) is 0.991. The first-order valence-corrected chi connectivity index (χ1v) is 4.65. The molecule has 15 heavy (non-hydrogen) atoms.